The lowest BCUT2D eigenvalue weighted by atomic mass is 10.1. The Bertz CT molecular complexity index is 619. The quantitative estimate of drug-likeness (QED) is 0.792. The van der Waals surface area contributed by atoms with Crippen LogP contribution in [0.3, 0.4) is 0 Å². The summed E-state index contributed by atoms with van der Waals surface area (Å²) >= 11 is 3.32. The third-order valence-electron chi connectivity index (χ3n) is 2.94. The Morgan fingerprint density at radius 3 is 2.65 bits per heavy atom. The van der Waals surface area contributed by atoms with Gasteiger partial charge in [0.05, 0.1) is 16.0 Å². The van der Waals surface area contributed by atoms with Crippen LogP contribution in [0.5, 0.6) is 5.75 Å². The van der Waals surface area contributed by atoms with E-state index < -0.39 is 21.8 Å². The number of carboxylic acids is 1. The molecule has 1 unspecified atom stereocenters. The van der Waals surface area contributed by atoms with Crippen LogP contribution in [-0.4, -0.2) is 43.1 Å². The highest BCUT2D eigenvalue weighted by molar-refractivity contribution is 9.10. The molecule has 1 aliphatic rings. The van der Waals surface area contributed by atoms with Crippen molar-refractivity contribution in [3.8, 4) is 5.75 Å². The monoisotopic (exact) mass is 363 g/mol. The molecule has 0 amide bonds. The number of benzene rings is 1. The van der Waals surface area contributed by atoms with E-state index in [0.717, 1.165) is 5.56 Å². The lowest BCUT2D eigenvalue weighted by Gasteiger charge is -2.27. The first-order valence-electron chi connectivity index (χ1n) is 5.91. The highest BCUT2D eigenvalue weighted by atomic mass is 79.9. The average Bonchev–Trinajstić information content (AvgIpc) is 2.30. The Hall–Kier alpha value is -1.12. The zero-order valence-electron chi connectivity index (χ0n) is 10.5. The number of ether oxygens (including phenoxy) is 1. The molecule has 0 aliphatic carbocycles. The Labute approximate surface area is 125 Å². The van der Waals surface area contributed by atoms with Gasteiger partial charge in [-0.2, -0.15) is 0 Å². The molecule has 1 fully saturated rings. The van der Waals surface area contributed by atoms with Crippen molar-refractivity contribution in [2.24, 2.45) is 5.73 Å². The number of aliphatic carboxylic acids is 1. The molecule has 1 aromatic carbocycles. The van der Waals surface area contributed by atoms with Gasteiger partial charge in [0.1, 0.15) is 17.9 Å². The highest BCUT2D eigenvalue weighted by Gasteiger charge is 2.35. The van der Waals surface area contributed by atoms with Gasteiger partial charge >= 0.3 is 5.97 Å². The summed E-state index contributed by atoms with van der Waals surface area (Å²) in [5.74, 6) is -0.449. The van der Waals surface area contributed by atoms with Crippen molar-refractivity contribution in [1.82, 2.24) is 0 Å². The summed E-state index contributed by atoms with van der Waals surface area (Å²) in [6, 6.07) is 4.17. The third-order valence-corrected chi connectivity index (χ3v) is 5.32. The van der Waals surface area contributed by atoms with Crippen LogP contribution < -0.4 is 10.5 Å². The van der Waals surface area contributed by atoms with Crippen LogP contribution in [0.2, 0.25) is 0 Å². The fourth-order valence-corrected chi connectivity index (χ4v) is 3.56. The second kappa shape index (κ2) is 5.71. The fourth-order valence-electron chi connectivity index (χ4n) is 1.87. The molecule has 20 heavy (non-hydrogen) atoms. The van der Waals surface area contributed by atoms with Crippen molar-refractivity contribution >= 4 is 31.7 Å². The lowest BCUT2D eigenvalue weighted by molar-refractivity contribution is -0.138. The molecule has 1 aromatic rings. The predicted octanol–water partition coefficient (Wildman–Crippen LogP) is 0.579. The van der Waals surface area contributed by atoms with Gasteiger partial charge in [-0.05, 0) is 40.0 Å². The van der Waals surface area contributed by atoms with E-state index in [4.69, 9.17) is 15.6 Å². The molecule has 2 rings (SSSR count). The van der Waals surface area contributed by atoms with E-state index in [2.05, 4.69) is 15.9 Å². The maximum absolute atomic E-state index is 11.1. The molecule has 1 atom stereocenters. The summed E-state index contributed by atoms with van der Waals surface area (Å²) in [7, 11) is -2.92. The van der Waals surface area contributed by atoms with Crippen molar-refractivity contribution in [2.45, 2.75) is 18.6 Å². The first-order chi connectivity index (χ1) is 9.27. The third kappa shape index (κ3) is 3.71. The van der Waals surface area contributed by atoms with Crippen molar-refractivity contribution in [1.29, 1.82) is 0 Å². The normalized spacial score (nSPS) is 19.1. The number of rotatable bonds is 5. The molecule has 0 radical (unpaired) electrons. The number of carbonyl (C=O) groups is 1. The zero-order valence-corrected chi connectivity index (χ0v) is 12.9. The Morgan fingerprint density at radius 1 is 1.50 bits per heavy atom. The van der Waals surface area contributed by atoms with Crippen LogP contribution in [0.1, 0.15) is 5.56 Å². The molecule has 0 aromatic heterocycles. The SMILES string of the molecule is NC(Cc1ccc(OC2CS(=O)(=O)C2)c(Br)c1)C(=O)O. The van der Waals surface area contributed by atoms with Crippen LogP contribution in [-0.2, 0) is 21.1 Å². The zero-order chi connectivity index (χ0) is 14.9. The summed E-state index contributed by atoms with van der Waals surface area (Å²) in [5.41, 5.74) is 6.23. The van der Waals surface area contributed by atoms with Crippen LogP contribution in [0.4, 0.5) is 0 Å². The van der Waals surface area contributed by atoms with Crippen molar-refractivity contribution < 1.29 is 23.1 Å². The summed E-state index contributed by atoms with van der Waals surface area (Å²) in [4.78, 5) is 10.7. The Morgan fingerprint density at radius 2 is 2.15 bits per heavy atom. The van der Waals surface area contributed by atoms with Crippen LogP contribution in [0.15, 0.2) is 22.7 Å². The van der Waals surface area contributed by atoms with Crippen molar-refractivity contribution in [3.63, 3.8) is 0 Å². The molecule has 3 N–H and O–H groups in total. The first kappa shape index (κ1) is 15.3. The van der Waals surface area contributed by atoms with Gasteiger partial charge < -0.3 is 15.6 Å². The van der Waals surface area contributed by atoms with Crippen LogP contribution >= 0.6 is 15.9 Å². The van der Waals surface area contributed by atoms with Gasteiger partial charge in [0.15, 0.2) is 9.84 Å². The topological polar surface area (TPSA) is 107 Å². The highest BCUT2D eigenvalue weighted by Crippen LogP contribution is 2.29. The van der Waals surface area contributed by atoms with Crippen molar-refractivity contribution in [3.05, 3.63) is 28.2 Å². The van der Waals surface area contributed by atoms with E-state index >= 15 is 0 Å². The molecule has 1 heterocycles. The Kier molecular flexibility index (Phi) is 4.36. The standard InChI is InChI=1S/C12H14BrNO5S/c13-9-3-7(4-10(14)12(15)16)1-2-11(9)19-8-5-20(17,18)6-8/h1-3,8,10H,4-6,14H2,(H,15,16). The van der Waals surface area contributed by atoms with E-state index in [0.29, 0.717) is 10.2 Å². The fraction of sp³-hybridized carbons (Fsp3) is 0.417. The lowest BCUT2D eigenvalue weighted by Crippen LogP contribution is -2.45. The molecule has 1 saturated heterocycles. The van der Waals surface area contributed by atoms with E-state index in [1.807, 2.05) is 0 Å². The number of hydrogen-bond donors (Lipinski definition) is 2. The average molecular weight is 364 g/mol. The second-order valence-corrected chi connectivity index (χ2v) is 7.74. The summed E-state index contributed by atoms with van der Waals surface area (Å²) in [6.07, 6.45) is -0.102. The van der Waals surface area contributed by atoms with Gasteiger partial charge in [-0.1, -0.05) is 6.07 Å². The second-order valence-electron chi connectivity index (χ2n) is 4.73. The molecule has 1 aliphatic heterocycles. The number of sulfone groups is 1. The molecule has 110 valence electrons. The molecule has 0 saturated carbocycles. The van der Waals surface area contributed by atoms with Gasteiger partial charge in [0.25, 0.3) is 0 Å². The van der Waals surface area contributed by atoms with Crippen LogP contribution in [0.25, 0.3) is 0 Å². The predicted molar refractivity (Wildman–Crippen MR) is 76.5 cm³/mol. The van der Waals surface area contributed by atoms with Gasteiger partial charge in [-0.15, -0.1) is 0 Å². The van der Waals surface area contributed by atoms with E-state index in [1.54, 1.807) is 18.2 Å². The van der Waals surface area contributed by atoms with Gasteiger partial charge in [-0.3, -0.25) is 4.79 Å². The van der Waals surface area contributed by atoms with Gasteiger partial charge in [-0.25, -0.2) is 8.42 Å². The maximum Gasteiger partial charge on any atom is 0.320 e. The molecule has 0 spiro atoms. The molecular weight excluding hydrogens is 350 g/mol. The minimum Gasteiger partial charge on any atom is -0.487 e. The maximum atomic E-state index is 11.1. The minimum absolute atomic E-state index is 0.0328. The largest absolute Gasteiger partial charge is 0.487 e. The smallest absolute Gasteiger partial charge is 0.320 e. The molecule has 6 nitrogen and oxygen atoms in total. The Balaban J connectivity index is 2.01. The van der Waals surface area contributed by atoms with E-state index in [-0.39, 0.29) is 24.0 Å². The van der Waals surface area contributed by atoms with Crippen molar-refractivity contribution in [2.75, 3.05) is 11.5 Å². The number of hydrogen-bond acceptors (Lipinski definition) is 5. The summed E-state index contributed by atoms with van der Waals surface area (Å²) < 4.78 is 28.3. The summed E-state index contributed by atoms with van der Waals surface area (Å²) in [5, 5.41) is 8.76. The van der Waals surface area contributed by atoms with Gasteiger partial charge in [0, 0.05) is 0 Å². The van der Waals surface area contributed by atoms with E-state index in [1.165, 1.54) is 0 Å². The number of nitrogens with two attached hydrogens (primary N) is 1. The minimum atomic E-state index is -2.92. The molecular formula is C12H14BrNO5S. The van der Waals surface area contributed by atoms with E-state index in [9.17, 15) is 13.2 Å². The number of carboxylic acid groups (broad SMARTS) is 1. The number of halogens is 1. The first-order valence-corrected chi connectivity index (χ1v) is 8.52. The molecule has 0 bridgehead atoms. The van der Waals surface area contributed by atoms with Gasteiger partial charge in [0.2, 0.25) is 0 Å². The molecule has 8 heteroatoms. The summed E-state index contributed by atoms with van der Waals surface area (Å²) in [6.45, 7) is 0. The van der Waals surface area contributed by atoms with Crippen LogP contribution in [0, 0.1) is 0 Å².